The van der Waals surface area contributed by atoms with Gasteiger partial charge < -0.3 is 19.2 Å². The van der Waals surface area contributed by atoms with Crippen molar-refractivity contribution in [2.45, 2.75) is 30.5 Å². The van der Waals surface area contributed by atoms with Gasteiger partial charge in [-0.1, -0.05) is 18.6 Å². The van der Waals surface area contributed by atoms with Gasteiger partial charge in [-0.15, -0.1) is 0 Å². The van der Waals surface area contributed by atoms with Crippen LogP contribution in [-0.4, -0.2) is 51.0 Å². The number of sulfonamides is 1. The van der Waals surface area contributed by atoms with Gasteiger partial charge in [-0.2, -0.15) is 4.31 Å². The summed E-state index contributed by atoms with van der Waals surface area (Å²) >= 11 is 0. The minimum absolute atomic E-state index is 0.0484. The van der Waals surface area contributed by atoms with Crippen molar-refractivity contribution in [1.82, 2.24) is 9.62 Å². The fourth-order valence-electron chi connectivity index (χ4n) is 3.27. The van der Waals surface area contributed by atoms with Gasteiger partial charge in [0.05, 0.1) is 6.54 Å². The zero-order valence-electron chi connectivity index (χ0n) is 15.3. The monoisotopic (exact) mass is 406 g/mol. The SMILES string of the molecule is O=C(NCC1COc2ccccc2O1)c1ccc(S(=O)(=O)N2CCCCC2)o1. The van der Waals surface area contributed by atoms with Crippen LogP contribution in [0.2, 0.25) is 0 Å². The van der Waals surface area contributed by atoms with Crippen molar-refractivity contribution in [3.8, 4) is 11.5 Å². The van der Waals surface area contributed by atoms with Crippen molar-refractivity contribution in [2.24, 2.45) is 0 Å². The number of nitrogens with one attached hydrogen (secondary N) is 1. The first kappa shape index (κ1) is 18.8. The van der Waals surface area contributed by atoms with E-state index in [2.05, 4.69) is 5.32 Å². The highest BCUT2D eigenvalue weighted by Crippen LogP contribution is 2.30. The second-order valence-corrected chi connectivity index (χ2v) is 8.66. The molecule has 9 heteroatoms. The van der Waals surface area contributed by atoms with E-state index < -0.39 is 15.9 Å². The summed E-state index contributed by atoms with van der Waals surface area (Å²) in [5.74, 6) is 0.750. The Bertz CT molecular complexity index is 949. The van der Waals surface area contributed by atoms with Gasteiger partial charge in [-0.05, 0) is 37.1 Å². The number of fused-ring (bicyclic) bond motifs is 1. The third-order valence-electron chi connectivity index (χ3n) is 4.77. The number of carbonyl (C=O) groups excluding carboxylic acids is 1. The number of nitrogens with zero attached hydrogens (tertiary/aromatic N) is 1. The molecule has 1 saturated heterocycles. The Hall–Kier alpha value is -2.52. The number of hydrogen-bond donors (Lipinski definition) is 1. The van der Waals surface area contributed by atoms with Crippen LogP contribution in [-0.2, 0) is 10.0 Å². The minimum Gasteiger partial charge on any atom is -0.486 e. The molecule has 2 aromatic rings. The van der Waals surface area contributed by atoms with Gasteiger partial charge in [0, 0.05) is 13.1 Å². The molecule has 1 atom stereocenters. The van der Waals surface area contributed by atoms with Crippen LogP contribution in [0, 0.1) is 0 Å². The maximum Gasteiger partial charge on any atom is 0.287 e. The van der Waals surface area contributed by atoms with E-state index in [0.29, 0.717) is 31.2 Å². The van der Waals surface area contributed by atoms with Crippen LogP contribution >= 0.6 is 0 Å². The molecule has 4 rings (SSSR count). The van der Waals surface area contributed by atoms with Crippen LogP contribution in [0.25, 0.3) is 0 Å². The summed E-state index contributed by atoms with van der Waals surface area (Å²) in [6.07, 6.45) is 2.35. The number of furan rings is 1. The molecule has 0 bridgehead atoms. The van der Waals surface area contributed by atoms with Gasteiger partial charge in [0.1, 0.15) is 12.7 Å². The molecule has 3 heterocycles. The molecule has 1 unspecified atom stereocenters. The highest BCUT2D eigenvalue weighted by atomic mass is 32.2. The molecule has 0 aliphatic carbocycles. The molecular formula is C19H22N2O6S. The quantitative estimate of drug-likeness (QED) is 0.816. The molecule has 1 aromatic carbocycles. The van der Waals surface area contributed by atoms with E-state index in [1.807, 2.05) is 18.2 Å². The maximum absolute atomic E-state index is 12.6. The van der Waals surface area contributed by atoms with Gasteiger partial charge in [-0.3, -0.25) is 4.79 Å². The normalized spacial score (nSPS) is 19.9. The largest absolute Gasteiger partial charge is 0.486 e. The van der Waals surface area contributed by atoms with Gasteiger partial charge in [0.15, 0.2) is 17.3 Å². The standard InChI is InChI=1S/C19H22N2O6S/c22-19(20-12-14-13-25-15-6-2-3-7-16(15)26-14)17-8-9-18(27-17)28(23,24)21-10-4-1-5-11-21/h2-3,6-9,14H,1,4-5,10-13H2,(H,20,22). The summed E-state index contributed by atoms with van der Waals surface area (Å²) in [6, 6.07) is 10.0. The zero-order valence-corrected chi connectivity index (χ0v) is 16.1. The van der Waals surface area contributed by atoms with Crippen LogP contribution in [0.1, 0.15) is 29.8 Å². The van der Waals surface area contributed by atoms with Crippen LogP contribution in [0.5, 0.6) is 11.5 Å². The second kappa shape index (κ2) is 7.84. The van der Waals surface area contributed by atoms with Crippen LogP contribution in [0.3, 0.4) is 0 Å². The maximum atomic E-state index is 12.6. The lowest BCUT2D eigenvalue weighted by atomic mass is 10.2. The van der Waals surface area contributed by atoms with Crippen LogP contribution in [0.15, 0.2) is 45.9 Å². The highest BCUT2D eigenvalue weighted by Gasteiger charge is 2.30. The molecule has 150 valence electrons. The number of piperidine rings is 1. The van der Waals surface area contributed by atoms with E-state index in [-0.39, 0.29) is 23.5 Å². The number of rotatable bonds is 5. The molecule has 0 radical (unpaired) electrons. The predicted octanol–water partition coefficient (Wildman–Crippen LogP) is 2.02. The summed E-state index contributed by atoms with van der Waals surface area (Å²) in [4.78, 5) is 12.3. The first-order valence-electron chi connectivity index (χ1n) is 9.31. The first-order valence-corrected chi connectivity index (χ1v) is 10.7. The molecule has 8 nitrogen and oxygen atoms in total. The summed E-state index contributed by atoms with van der Waals surface area (Å²) in [5.41, 5.74) is 0. The summed E-state index contributed by atoms with van der Waals surface area (Å²) in [5, 5.41) is 2.49. The predicted molar refractivity (Wildman–Crippen MR) is 100 cm³/mol. The Balaban J connectivity index is 1.36. The van der Waals surface area contributed by atoms with Crippen LogP contribution in [0.4, 0.5) is 0 Å². The van der Waals surface area contributed by atoms with E-state index in [9.17, 15) is 13.2 Å². The lowest BCUT2D eigenvalue weighted by molar-refractivity contribution is 0.0770. The molecule has 1 N–H and O–H groups in total. The number of benzene rings is 1. The molecule has 28 heavy (non-hydrogen) atoms. The van der Waals surface area contributed by atoms with Gasteiger partial charge in [0.25, 0.3) is 15.9 Å². The van der Waals surface area contributed by atoms with E-state index in [4.69, 9.17) is 13.9 Å². The van der Waals surface area contributed by atoms with Crippen molar-refractivity contribution in [3.05, 3.63) is 42.2 Å². The number of hydrogen-bond acceptors (Lipinski definition) is 6. The number of para-hydroxylation sites is 2. The van der Waals surface area contributed by atoms with Crippen molar-refractivity contribution in [1.29, 1.82) is 0 Å². The zero-order chi connectivity index (χ0) is 19.6. The van der Waals surface area contributed by atoms with Crippen molar-refractivity contribution in [2.75, 3.05) is 26.2 Å². The minimum atomic E-state index is -3.70. The molecule has 2 aliphatic heterocycles. The van der Waals surface area contributed by atoms with E-state index in [1.165, 1.54) is 16.4 Å². The van der Waals surface area contributed by atoms with E-state index >= 15 is 0 Å². The Labute approximate surface area is 163 Å². The lowest BCUT2D eigenvalue weighted by Crippen LogP contribution is -2.40. The third-order valence-corrected chi connectivity index (χ3v) is 6.55. The summed E-state index contributed by atoms with van der Waals surface area (Å²) in [6.45, 7) is 1.47. The average molecular weight is 406 g/mol. The van der Waals surface area contributed by atoms with Crippen molar-refractivity contribution < 1.29 is 27.1 Å². The molecule has 1 aromatic heterocycles. The van der Waals surface area contributed by atoms with Gasteiger partial charge >= 0.3 is 0 Å². The molecule has 0 saturated carbocycles. The number of carbonyl (C=O) groups is 1. The Morgan fingerprint density at radius 2 is 1.82 bits per heavy atom. The van der Waals surface area contributed by atoms with E-state index in [0.717, 1.165) is 19.3 Å². The summed E-state index contributed by atoms with van der Waals surface area (Å²) < 4.78 is 43.4. The first-order chi connectivity index (χ1) is 13.5. The molecular weight excluding hydrogens is 384 g/mol. The fourth-order valence-corrected chi connectivity index (χ4v) is 4.70. The molecule has 2 aliphatic rings. The Morgan fingerprint density at radius 3 is 2.61 bits per heavy atom. The molecule has 0 spiro atoms. The lowest BCUT2D eigenvalue weighted by Gasteiger charge is -2.26. The second-order valence-electron chi connectivity index (χ2n) is 6.79. The van der Waals surface area contributed by atoms with Gasteiger partial charge in [-0.25, -0.2) is 8.42 Å². The van der Waals surface area contributed by atoms with Gasteiger partial charge in [0.2, 0.25) is 5.09 Å². The van der Waals surface area contributed by atoms with Crippen molar-refractivity contribution in [3.63, 3.8) is 0 Å². The molecule has 1 fully saturated rings. The average Bonchev–Trinajstić information content (AvgIpc) is 3.24. The topological polar surface area (TPSA) is 98.1 Å². The fraction of sp³-hybridized carbons (Fsp3) is 0.421. The smallest absolute Gasteiger partial charge is 0.287 e. The number of amides is 1. The third kappa shape index (κ3) is 3.85. The molecule has 1 amide bonds. The highest BCUT2D eigenvalue weighted by molar-refractivity contribution is 7.89. The van der Waals surface area contributed by atoms with Crippen LogP contribution < -0.4 is 14.8 Å². The number of ether oxygens (including phenoxy) is 2. The summed E-state index contributed by atoms with van der Waals surface area (Å²) in [7, 11) is -3.70. The van der Waals surface area contributed by atoms with E-state index in [1.54, 1.807) is 6.07 Å². The Morgan fingerprint density at radius 1 is 1.07 bits per heavy atom. The van der Waals surface area contributed by atoms with Crippen molar-refractivity contribution >= 4 is 15.9 Å². The Kier molecular flexibility index (Phi) is 5.27.